The minimum atomic E-state index is 0.230. The first-order valence-corrected chi connectivity index (χ1v) is 12.5. The molecule has 4 rings (SSSR count). The highest BCUT2D eigenvalue weighted by Crippen LogP contribution is 2.28. The van der Waals surface area contributed by atoms with E-state index in [1.807, 2.05) is 49.4 Å². The van der Waals surface area contributed by atoms with Crippen LogP contribution in [0.25, 0.3) is 10.9 Å². The Hall–Kier alpha value is -3.45. The number of aliphatic imine (C=N–C) groups is 1. The Morgan fingerprint density at radius 2 is 2.00 bits per heavy atom. The lowest BCUT2D eigenvalue weighted by molar-refractivity contribution is -0.145. The Balaban J connectivity index is 1.45. The highest BCUT2D eigenvalue weighted by atomic mass is 16.7. The summed E-state index contributed by atoms with van der Waals surface area (Å²) in [6.07, 6.45) is 6.48. The number of nitrogens with zero attached hydrogens (tertiary/aromatic N) is 4. The van der Waals surface area contributed by atoms with Crippen LogP contribution in [0.3, 0.4) is 0 Å². The summed E-state index contributed by atoms with van der Waals surface area (Å²) >= 11 is 0. The minimum Gasteiger partial charge on any atom is -0.345 e. The number of rotatable bonds is 11. The molecule has 1 aliphatic heterocycles. The van der Waals surface area contributed by atoms with Gasteiger partial charge in [0.25, 0.3) is 0 Å². The summed E-state index contributed by atoms with van der Waals surface area (Å²) in [6.45, 7) is 6.06. The molecule has 1 aromatic heterocycles. The number of aromatic nitrogens is 1. The number of aryl methyl sites for hydroxylation is 2. The molecular weight excluding hydrogens is 440 g/mol. The molecule has 1 aliphatic rings. The van der Waals surface area contributed by atoms with Gasteiger partial charge in [0.1, 0.15) is 6.34 Å². The molecule has 2 amide bonds. The van der Waals surface area contributed by atoms with Crippen molar-refractivity contribution < 1.29 is 14.4 Å². The van der Waals surface area contributed by atoms with E-state index >= 15 is 0 Å². The molecule has 0 unspecified atom stereocenters. The predicted molar refractivity (Wildman–Crippen MR) is 138 cm³/mol. The third-order valence-corrected chi connectivity index (χ3v) is 6.62. The van der Waals surface area contributed by atoms with Crippen molar-refractivity contribution in [3.05, 3.63) is 65.9 Å². The van der Waals surface area contributed by atoms with Crippen LogP contribution in [0.5, 0.6) is 0 Å². The van der Waals surface area contributed by atoms with Crippen molar-refractivity contribution in [3.63, 3.8) is 0 Å². The molecule has 1 saturated heterocycles. The summed E-state index contributed by atoms with van der Waals surface area (Å²) in [6, 6.07) is 18.6. The zero-order chi connectivity index (χ0) is 24.6. The molecule has 35 heavy (non-hydrogen) atoms. The first-order chi connectivity index (χ1) is 17.1. The van der Waals surface area contributed by atoms with Crippen LogP contribution in [0.4, 0.5) is 5.69 Å². The van der Waals surface area contributed by atoms with E-state index in [1.54, 1.807) is 0 Å². The number of hydrogen-bond donors (Lipinski definition) is 0. The van der Waals surface area contributed by atoms with Gasteiger partial charge in [-0.3, -0.25) is 14.4 Å². The number of amides is 2. The molecule has 0 aliphatic carbocycles. The van der Waals surface area contributed by atoms with E-state index in [0.29, 0.717) is 25.5 Å². The number of benzene rings is 2. The van der Waals surface area contributed by atoms with E-state index in [4.69, 9.17) is 4.84 Å². The van der Waals surface area contributed by atoms with Gasteiger partial charge in [-0.25, -0.2) is 4.99 Å². The van der Waals surface area contributed by atoms with Crippen LogP contribution < -0.4 is 0 Å². The van der Waals surface area contributed by atoms with Gasteiger partial charge in [-0.05, 0) is 63.3 Å². The maximum atomic E-state index is 13.0. The molecule has 2 heterocycles. The predicted octanol–water partition coefficient (Wildman–Crippen LogP) is 4.90. The molecule has 184 valence electrons. The summed E-state index contributed by atoms with van der Waals surface area (Å²) in [5.41, 5.74) is 4.23. The second-order valence-electron chi connectivity index (χ2n) is 8.83. The number of carbonyl (C=O) groups excluding carboxylic acids is 2. The van der Waals surface area contributed by atoms with Crippen molar-refractivity contribution in [3.8, 4) is 0 Å². The van der Waals surface area contributed by atoms with E-state index in [9.17, 15) is 9.59 Å². The van der Waals surface area contributed by atoms with Crippen molar-refractivity contribution in [1.82, 2.24) is 14.5 Å². The number of likely N-dealkylation sites (tertiary alicyclic amines) is 1. The fraction of sp³-hybridized carbons (Fsp3) is 0.393. The van der Waals surface area contributed by atoms with E-state index in [-0.39, 0.29) is 5.91 Å². The van der Waals surface area contributed by atoms with E-state index < -0.39 is 0 Å². The molecule has 1 atom stereocenters. The molecule has 3 aromatic rings. The minimum absolute atomic E-state index is 0.230. The molecule has 1 fully saturated rings. The maximum absolute atomic E-state index is 13.0. The van der Waals surface area contributed by atoms with E-state index in [1.165, 1.54) is 17.4 Å². The van der Waals surface area contributed by atoms with Crippen molar-refractivity contribution in [2.45, 2.75) is 58.5 Å². The molecular formula is C28H34N4O3. The van der Waals surface area contributed by atoms with Crippen molar-refractivity contribution in [2.24, 2.45) is 4.99 Å². The van der Waals surface area contributed by atoms with Gasteiger partial charge >= 0.3 is 0 Å². The molecule has 2 aromatic carbocycles. The van der Waals surface area contributed by atoms with E-state index in [0.717, 1.165) is 60.6 Å². The lowest BCUT2D eigenvalue weighted by Gasteiger charge is -2.25. The average molecular weight is 475 g/mol. The lowest BCUT2D eigenvalue weighted by Crippen LogP contribution is -2.36. The molecule has 0 N–H and O–H groups in total. The molecule has 0 saturated carbocycles. The van der Waals surface area contributed by atoms with Gasteiger partial charge in [-0.15, -0.1) is 0 Å². The topological polar surface area (TPSA) is 67.1 Å². The highest BCUT2D eigenvalue weighted by molar-refractivity contribution is 5.85. The second-order valence-corrected chi connectivity index (χ2v) is 8.83. The normalized spacial score (nSPS) is 15.8. The molecule has 0 spiro atoms. The van der Waals surface area contributed by atoms with Crippen molar-refractivity contribution >= 4 is 35.2 Å². The van der Waals surface area contributed by atoms with Crippen LogP contribution in [-0.4, -0.2) is 52.4 Å². The Labute approximate surface area is 206 Å². The summed E-state index contributed by atoms with van der Waals surface area (Å²) in [7, 11) is 0. The van der Waals surface area contributed by atoms with Crippen molar-refractivity contribution in [2.75, 3.05) is 13.2 Å². The second kappa shape index (κ2) is 11.8. The highest BCUT2D eigenvalue weighted by Gasteiger charge is 2.28. The monoisotopic (exact) mass is 474 g/mol. The van der Waals surface area contributed by atoms with Gasteiger partial charge < -0.3 is 9.47 Å². The molecule has 7 heteroatoms. The van der Waals surface area contributed by atoms with Gasteiger partial charge in [-0.1, -0.05) is 36.4 Å². The van der Waals surface area contributed by atoms with E-state index in [2.05, 4.69) is 33.5 Å². The SMILES string of the molecule is CCON(C=O)C=Nc1ccc2cc(CC[C@@H]3CCCN3C(=O)Cc3ccccc3)n(CC)c2c1. The molecule has 0 bridgehead atoms. The summed E-state index contributed by atoms with van der Waals surface area (Å²) in [5.74, 6) is 0.230. The Morgan fingerprint density at radius 3 is 2.74 bits per heavy atom. The largest absolute Gasteiger partial charge is 0.345 e. The summed E-state index contributed by atoms with van der Waals surface area (Å²) in [5, 5.41) is 2.24. The number of carbonyl (C=O) groups is 2. The molecule has 7 nitrogen and oxygen atoms in total. The van der Waals surface area contributed by atoms with Crippen LogP contribution in [0.2, 0.25) is 0 Å². The Bertz CT molecular complexity index is 1170. The fourth-order valence-electron chi connectivity index (χ4n) is 4.98. The standard InChI is InChI=1S/C28H34N4O3/c1-3-31-26(18-23-12-13-24(19-27(23)31)29-20-30(21-33)35-4-2)15-14-25-11-8-16-32(25)28(34)17-22-9-6-5-7-10-22/h5-7,9-10,12-13,18-21,25H,3-4,8,11,14-17H2,1-2H3/t25-/m0/s1. The quantitative estimate of drug-likeness (QED) is 0.172. The first-order valence-electron chi connectivity index (χ1n) is 12.5. The lowest BCUT2D eigenvalue weighted by atomic mass is 10.1. The maximum Gasteiger partial charge on any atom is 0.239 e. The third-order valence-electron chi connectivity index (χ3n) is 6.62. The van der Waals surface area contributed by atoms with Gasteiger partial charge in [0, 0.05) is 30.2 Å². The third kappa shape index (κ3) is 5.98. The van der Waals surface area contributed by atoms with Crippen LogP contribution >= 0.6 is 0 Å². The number of fused-ring (bicyclic) bond motifs is 1. The van der Waals surface area contributed by atoms with Gasteiger partial charge in [0.2, 0.25) is 12.3 Å². The molecule has 0 radical (unpaired) electrons. The number of hydrogen-bond acceptors (Lipinski definition) is 4. The summed E-state index contributed by atoms with van der Waals surface area (Å²) in [4.78, 5) is 35.7. The van der Waals surface area contributed by atoms with Crippen LogP contribution in [-0.2, 0) is 33.8 Å². The van der Waals surface area contributed by atoms with Gasteiger partial charge in [0.05, 0.1) is 24.2 Å². The smallest absolute Gasteiger partial charge is 0.239 e. The first kappa shape index (κ1) is 24.7. The van der Waals surface area contributed by atoms with Crippen LogP contribution in [0.15, 0.2) is 59.6 Å². The zero-order valence-electron chi connectivity index (χ0n) is 20.6. The Kier molecular flexibility index (Phi) is 8.32. The van der Waals surface area contributed by atoms with Crippen LogP contribution in [0.1, 0.15) is 44.4 Å². The zero-order valence-corrected chi connectivity index (χ0v) is 20.6. The van der Waals surface area contributed by atoms with Crippen LogP contribution in [0, 0.1) is 0 Å². The summed E-state index contributed by atoms with van der Waals surface area (Å²) < 4.78 is 2.32. The average Bonchev–Trinajstić information content (AvgIpc) is 3.49. The Morgan fingerprint density at radius 1 is 1.17 bits per heavy atom. The van der Waals surface area contributed by atoms with Gasteiger partial charge in [-0.2, -0.15) is 5.06 Å². The van der Waals surface area contributed by atoms with Gasteiger partial charge in [0.15, 0.2) is 0 Å². The van der Waals surface area contributed by atoms with Crippen molar-refractivity contribution in [1.29, 1.82) is 0 Å². The number of hydroxylamine groups is 2. The fourth-order valence-corrected chi connectivity index (χ4v) is 4.98.